The molecule has 0 spiro atoms. The third-order valence-corrected chi connectivity index (χ3v) is 3.28. The number of esters is 1. The van der Waals surface area contributed by atoms with E-state index in [-0.39, 0.29) is 18.2 Å². The molecule has 118 valence electrons. The van der Waals surface area contributed by atoms with Crippen LogP contribution in [0.1, 0.15) is 34.8 Å². The second kappa shape index (κ2) is 6.43. The van der Waals surface area contributed by atoms with Gasteiger partial charge in [-0.05, 0) is 13.0 Å². The molecule has 0 aliphatic carbocycles. The van der Waals surface area contributed by atoms with Crippen LogP contribution in [0.15, 0.2) is 34.7 Å². The fourth-order valence-corrected chi connectivity index (χ4v) is 1.99. The van der Waals surface area contributed by atoms with Crippen LogP contribution in [0.5, 0.6) is 0 Å². The number of rotatable bonds is 5. The van der Waals surface area contributed by atoms with E-state index in [1.165, 1.54) is 0 Å². The Hall–Kier alpha value is -2.96. The molecule has 3 rings (SSSR count). The molecule has 0 bridgehead atoms. The molecule has 0 unspecified atom stereocenters. The number of hydrogen-bond acceptors (Lipinski definition) is 6. The van der Waals surface area contributed by atoms with Crippen molar-refractivity contribution < 1.29 is 13.9 Å². The summed E-state index contributed by atoms with van der Waals surface area (Å²) >= 11 is 0. The Balaban J connectivity index is 1.65. The molecule has 0 aliphatic heterocycles. The molecule has 0 fully saturated rings. The number of benzene rings is 1. The maximum atomic E-state index is 12.0. The molecular weight excluding hydrogens is 296 g/mol. The summed E-state index contributed by atoms with van der Waals surface area (Å²) in [6.45, 7) is 3.85. The van der Waals surface area contributed by atoms with Crippen LogP contribution in [0.3, 0.4) is 0 Å². The van der Waals surface area contributed by atoms with E-state index in [2.05, 4.69) is 20.4 Å². The fourth-order valence-electron chi connectivity index (χ4n) is 1.99. The van der Waals surface area contributed by atoms with Crippen molar-refractivity contribution in [2.24, 2.45) is 0 Å². The molecule has 3 aromatic rings. The smallest absolute Gasteiger partial charge is 0.356 e. The van der Waals surface area contributed by atoms with E-state index in [0.717, 1.165) is 11.1 Å². The normalized spacial score (nSPS) is 10.7. The number of ether oxygens (including phenoxy) is 1. The summed E-state index contributed by atoms with van der Waals surface area (Å²) in [5.74, 6) is 0.264. The number of hydrogen-bond donors (Lipinski definition) is 1. The summed E-state index contributed by atoms with van der Waals surface area (Å²) in [7, 11) is 0. The molecule has 0 radical (unpaired) electrons. The molecule has 23 heavy (non-hydrogen) atoms. The lowest BCUT2D eigenvalue weighted by molar-refractivity contribution is 0.0429. The molecule has 2 aromatic heterocycles. The highest BCUT2D eigenvalue weighted by Gasteiger charge is 2.14. The number of aromatic amines is 1. The van der Waals surface area contributed by atoms with Gasteiger partial charge in [-0.3, -0.25) is 5.10 Å². The number of aromatic nitrogens is 4. The second-order valence-electron chi connectivity index (χ2n) is 5.05. The van der Waals surface area contributed by atoms with Gasteiger partial charge in [-0.2, -0.15) is 5.10 Å². The van der Waals surface area contributed by atoms with Crippen molar-refractivity contribution >= 4 is 5.97 Å². The van der Waals surface area contributed by atoms with Crippen molar-refractivity contribution in [2.75, 3.05) is 0 Å². The first-order chi connectivity index (χ1) is 11.2. The largest absolute Gasteiger partial charge is 0.451 e. The Bertz CT molecular complexity index is 805. The summed E-state index contributed by atoms with van der Waals surface area (Å²) in [5.41, 5.74) is 3.05. The van der Waals surface area contributed by atoms with Crippen LogP contribution >= 0.6 is 0 Å². The summed E-state index contributed by atoms with van der Waals surface area (Å²) < 4.78 is 10.4. The van der Waals surface area contributed by atoms with Gasteiger partial charge in [0.2, 0.25) is 5.89 Å². The van der Waals surface area contributed by atoms with Crippen LogP contribution in [-0.4, -0.2) is 26.4 Å². The van der Waals surface area contributed by atoms with E-state index < -0.39 is 5.97 Å². The molecule has 1 aromatic carbocycles. The van der Waals surface area contributed by atoms with Crippen molar-refractivity contribution in [1.82, 2.24) is 20.4 Å². The Morgan fingerprint density at radius 3 is 2.65 bits per heavy atom. The zero-order chi connectivity index (χ0) is 16.2. The standard InChI is InChI=1S/C16H16N4O3/c1-3-14-19-20-15(23-14)9-22-16(21)13-8-12(17-18-13)11-6-4-10(2)5-7-11/h4-8H,3,9H2,1-2H3,(H,17,18). The summed E-state index contributed by atoms with van der Waals surface area (Å²) in [6, 6.07) is 9.53. The fraction of sp³-hybridized carbons (Fsp3) is 0.250. The van der Waals surface area contributed by atoms with Crippen molar-refractivity contribution in [2.45, 2.75) is 26.9 Å². The molecule has 0 atom stereocenters. The van der Waals surface area contributed by atoms with Crippen LogP contribution in [0.25, 0.3) is 11.3 Å². The van der Waals surface area contributed by atoms with E-state index in [4.69, 9.17) is 9.15 Å². The predicted molar refractivity (Wildman–Crippen MR) is 81.6 cm³/mol. The molecule has 0 aliphatic rings. The van der Waals surface area contributed by atoms with Crippen LogP contribution in [0.4, 0.5) is 0 Å². The minimum absolute atomic E-state index is 0.0648. The van der Waals surface area contributed by atoms with E-state index in [1.54, 1.807) is 6.07 Å². The predicted octanol–water partition coefficient (Wildman–Crippen LogP) is 2.69. The van der Waals surface area contributed by atoms with Gasteiger partial charge in [-0.15, -0.1) is 10.2 Å². The Morgan fingerprint density at radius 1 is 1.22 bits per heavy atom. The maximum absolute atomic E-state index is 12.0. The highest BCUT2D eigenvalue weighted by molar-refractivity contribution is 5.88. The number of nitrogens with one attached hydrogen (secondary N) is 1. The van der Waals surface area contributed by atoms with Gasteiger partial charge in [0.25, 0.3) is 5.89 Å². The molecule has 7 nitrogen and oxygen atoms in total. The van der Waals surface area contributed by atoms with E-state index in [1.807, 2.05) is 38.1 Å². The third kappa shape index (κ3) is 3.45. The number of aryl methyl sites for hydroxylation is 2. The monoisotopic (exact) mass is 312 g/mol. The Morgan fingerprint density at radius 2 is 1.96 bits per heavy atom. The first kappa shape index (κ1) is 15.0. The zero-order valence-corrected chi connectivity index (χ0v) is 12.9. The number of carbonyl (C=O) groups is 1. The van der Waals surface area contributed by atoms with Gasteiger partial charge in [0.15, 0.2) is 6.61 Å². The van der Waals surface area contributed by atoms with Gasteiger partial charge < -0.3 is 9.15 Å². The molecule has 2 heterocycles. The average molecular weight is 312 g/mol. The minimum Gasteiger partial charge on any atom is -0.451 e. The average Bonchev–Trinajstić information content (AvgIpc) is 3.22. The number of nitrogens with zero attached hydrogens (tertiary/aromatic N) is 3. The van der Waals surface area contributed by atoms with Gasteiger partial charge in [0.05, 0.1) is 5.69 Å². The molecule has 0 amide bonds. The SMILES string of the molecule is CCc1nnc(COC(=O)c2cc(-c3ccc(C)cc3)n[nH]2)o1. The third-order valence-electron chi connectivity index (χ3n) is 3.28. The lowest BCUT2D eigenvalue weighted by Crippen LogP contribution is -2.05. The molecule has 0 saturated carbocycles. The Labute approximate surface area is 132 Å². The topological polar surface area (TPSA) is 93.9 Å². The first-order valence-corrected chi connectivity index (χ1v) is 7.26. The quantitative estimate of drug-likeness (QED) is 0.728. The summed E-state index contributed by atoms with van der Waals surface area (Å²) in [6.07, 6.45) is 0.640. The van der Waals surface area contributed by atoms with Gasteiger partial charge in [0.1, 0.15) is 5.69 Å². The molecular formula is C16H16N4O3. The lowest BCUT2D eigenvalue weighted by Gasteiger charge is -1.98. The maximum Gasteiger partial charge on any atom is 0.356 e. The molecule has 7 heteroatoms. The number of H-pyrrole nitrogens is 1. The highest BCUT2D eigenvalue weighted by atomic mass is 16.5. The summed E-state index contributed by atoms with van der Waals surface area (Å²) in [4.78, 5) is 12.0. The highest BCUT2D eigenvalue weighted by Crippen LogP contribution is 2.18. The van der Waals surface area contributed by atoms with Gasteiger partial charge in [-0.25, -0.2) is 4.79 Å². The summed E-state index contributed by atoms with van der Waals surface area (Å²) in [5, 5.41) is 14.4. The van der Waals surface area contributed by atoms with E-state index in [9.17, 15) is 4.79 Å². The van der Waals surface area contributed by atoms with Crippen molar-refractivity contribution in [3.05, 3.63) is 53.4 Å². The Kier molecular flexibility index (Phi) is 4.18. The lowest BCUT2D eigenvalue weighted by atomic mass is 10.1. The van der Waals surface area contributed by atoms with Crippen LogP contribution in [-0.2, 0) is 17.8 Å². The minimum atomic E-state index is -0.521. The second-order valence-corrected chi connectivity index (χ2v) is 5.05. The molecule has 1 N–H and O–H groups in total. The van der Waals surface area contributed by atoms with Crippen molar-refractivity contribution in [3.63, 3.8) is 0 Å². The van der Waals surface area contributed by atoms with E-state index >= 15 is 0 Å². The van der Waals surface area contributed by atoms with Crippen LogP contribution in [0, 0.1) is 6.92 Å². The first-order valence-electron chi connectivity index (χ1n) is 7.26. The molecule has 0 saturated heterocycles. The van der Waals surface area contributed by atoms with E-state index in [0.29, 0.717) is 18.0 Å². The zero-order valence-electron chi connectivity index (χ0n) is 12.9. The van der Waals surface area contributed by atoms with Crippen molar-refractivity contribution in [3.8, 4) is 11.3 Å². The van der Waals surface area contributed by atoms with Crippen LogP contribution in [0.2, 0.25) is 0 Å². The van der Waals surface area contributed by atoms with Gasteiger partial charge in [-0.1, -0.05) is 36.8 Å². The van der Waals surface area contributed by atoms with Gasteiger partial charge in [0, 0.05) is 12.0 Å². The number of carbonyl (C=O) groups excluding carboxylic acids is 1. The van der Waals surface area contributed by atoms with Crippen molar-refractivity contribution in [1.29, 1.82) is 0 Å². The van der Waals surface area contributed by atoms with Gasteiger partial charge >= 0.3 is 5.97 Å². The van der Waals surface area contributed by atoms with Crippen LogP contribution < -0.4 is 0 Å².